The van der Waals surface area contributed by atoms with Crippen LogP contribution in [0, 0.1) is 23.2 Å². The molecule has 4 aliphatic rings. The lowest BCUT2D eigenvalue weighted by Gasteiger charge is -2.49. The fourth-order valence-corrected chi connectivity index (χ4v) is 5.67. The van der Waals surface area contributed by atoms with E-state index in [1.165, 1.54) is 18.4 Å². The van der Waals surface area contributed by atoms with Crippen LogP contribution in [0.1, 0.15) is 58.3 Å². The quantitative estimate of drug-likeness (QED) is 0.665. The molecule has 0 aromatic carbocycles. The van der Waals surface area contributed by atoms with Gasteiger partial charge in [-0.1, -0.05) is 18.1 Å². The van der Waals surface area contributed by atoms with Gasteiger partial charge in [0.05, 0.1) is 5.76 Å². The summed E-state index contributed by atoms with van der Waals surface area (Å²) in [7, 11) is 3.25. The summed E-state index contributed by atoms with van der Waals surface area (Å²) in [6.07, 6.45) is 10.4. The molecule has 0 aromatic rings. The first-order valence-electron chi connectivity index (χ1n) is 9.03. The van der Waals surface area contributed by atoms with E-state index in [-0.39, 0.29) is 5.41 Å². The smallest absolute Gasteiger partial charge is 0.139 e. The van der Waals surface area contributed by atoms with Crippen molar-refractivity contribution in [2.24, 2.45) is 23.2 Å². The van der Waals surface area contributed by atoms with Gasteiger partial charge in [0.1, 0.15) is 5.78 Å². The zero-order valence-corrected chi connectivity index (χ0v) is 14.7. The second-order valence-electron chi connectivity index (χ2n) is 7.95. The Labute approximate surface area is 139 Å². The minimum atomic E-state index is -0.00806. The molecule has 3 nitrogen and oxygen atoms in total. The number of aliphatic hydroxyl groups excluding tert-OH is 1. The number of carbonyl (C=O) groups is 1. The molecule has 3 heteroatoms. The summed E-state index contributed by atoms with van der Waals surface area (Å²) in [5.74, 6) is 3.16. The van der Waals surface area contributed by atoms with Gasteiger partial charge in [-0.15, -0.1) is 0 Å². The fourth-order valence-electron chi connectivity index (χ4n) is 5.67. The molecule has 0 aliphatic heterocycles. The largest absolute Gasteiger partial charge is 0.512 e. The Morgan fingerprint density at radius 2 is 1.96 bits per heavy atom. The van der Waals surface area contributed by atoms with Crippen LogP contribution in [0.15, 0.2) is 23.0 Å². The highest BCUT2D eigenvalue weighted by Gasteiger charge is 2.54. The van der Waals surface area contributed by atoms with Crippen LogP contribution in [-0.4, -0.2) is 25.1 Å². The Morgan fingerprint density at radius 3 is 2.70 bits per heavy atom. The van der Waals surface area contributed by atoms with Crippen molar-refractivity contribution >= 4 is 5.78 Å². The number of rotatable bonds is 0. The molecule has 0 unspecified atom stereocenters. The number of ketones is 1. The van der Waals surface area contributed by atoms with Crippen molar-refractivity contribution in [3.05, 3.63) is 23.0 Å². The first-order chi connectivity index (χ1) is 11.0. The molecule has 0 aromatic heterocycles. The number of ether oxygens (including phenoxy) is 1. The van der Waals surface area contributed by atoms with E-state index in [1.54, 1.807) is 19.8 Å². The number of hydrogen-bond donors (Lipinski definition) is 1. The lowest BCUT2D eigenvalue weighted by Crippen LogP contribution is -2.43. The molecule has 128 valence electrons. The minimum Gasteiger partial charge on any atom is -0.512 e. The van der Waals surface area contributed by atoms with Gasteiger partial charge in [0, 0.05) is 32.5 Å². The van der Waals surface area contributed by atoms with Gasteiger partial charge < -0.3 is 9.84 Å². The first-order valence-corrected chi connectivity index (χ1v) is 9.03. The van der Waals surface area contributed by atoms with Crippen molar-refractivity contribution in [1.29, 1.82) is 0 Å². The third kappa shape index (κ3) is 2.77. The number of Topliss-reactive ketones (excluding diaryl/α,β-unsaturated/α-hetero) is 1. The van der Waals surface area contributed by atoms with Crippen LogP contribution in [0.4, 0.5) is 0 Å². The van der Waals surface area contributed by atoms with E-state index in [2.05, 4.69) is 11.7 Å². The highest BCUT2D eigenvalue weighted by atomic mass is 16.4. The van der Waals surface area contributed by atoms with Crippen molar-refractivity contribution in [1.82, 2.24) is 0 Å². The minimum absolute atomic E-state index is 0.00806. The van der Waals surface area contributed by atoms with Gasteiger partial charge in [0.15, 0.2) is 0 Å². The van der Waals surface area contributed by atoms with E-state index in [0.29, 0.717) is 23.4 Å². The third-order valence-electron chi connectivity index (χ3n) is 6.78. The van der Waals surface area contributed by atoms with Gasteiger partial charge >= 0.3 is 0 Å². The summed E-state index contributed by atoms with van der Waals surface area (Å²) in [5.41, 5.74) is 3.13. The third-order valence-corrected chi connectivity index (χ3v) is 6.78. The maximum absolute atomic E-state index is 12.3. The number of hydrogen-bond acceptors (Lipinski definition) is 3. The van der Waals surface area contributed by atoms with Crippen LogP contribution in [-0.2, 0) is 9.53 Å². The molecule has 4 atom stereocenters. The standard InChI is InChI=1S/C18H24O2.C2H6O/c1-18-9-8-14-13-5-3-12(19)10-11(13)2-4-15(14)16(18)6-7-17(18)20;1-3-2/h3,14-16,19H,2,4-10H2,1H3;1-2H3/t14-,15-,16+,18+;/m1./s1. The zero-order valence-electron chi connectivity index (χ0n) is 14.7. The number of carbonyl (C=O) groups excluding carboxylic acids is 1. The van der Waals surface area contributed by atoms with E-state index in [0.717, 1.165) is 44.4 Å². The SMILES string of the molecule is COC.C[C@]12CC[C@@H]3C4=C(CC[C@H]3[C@@H]1CCC2=O)CC(O)=CC4. The zero-order chi connectivity index (χ0) is 16.6. The maximum atomic E-state index is 12.3. The molecule has 4 rings (SSSR count). The molecule has 23 heavy (non-hydrogen) atoms. The molecule has 1 N–H and O–H groups in total. The molecule has 0 spiro atoms. The summed E-state index contributed by atoms with van der Waals surface area (Å²) in [5, 5.41) is 9.75. The Morgan fingerprint density at radius 1 is 1.22 bits per heavy atom. The summed E-state index contributed by atoms with van der Waals surface area (Å²) >= 11 is 0. The summed E-state index contributed by atoms with van der Waals surface area (Å²) < 4.78 is 4.25. The van der Waals surface area contributed by atoms with Crippen molar-refractivity contribution < 1.29 is 14.6 Å². The van der Waals surface area contributed by atoms with Gasteiger partial charge in [0.25, 0.3) is 0 Å². The summed E-state index contributed by atoms with van der Waals surface area (Å²) in [4.78, 5) is 12.3. The normalized spacial score (nSPS) is 38.8. The fraction of sp³-hybridized carbons (Fsp3) is 0.750. The molecular weight excluding hydrogens is 288 g/mol. The molecule has 4 aliphatic carbocycles. The predicted octanol–water partition coefficient (Wildman–Crippen LogP) is 4.59. The first kappa shape index (κ1) is 16.8. The van der Waals surface area contributed by atoms with Crippen molar-refractivity contribution in [3.63, 3.8) is 0 Å². The van der Waals surface area contributed by atoms with Crippen LogP contribution >= 0.6 is 0 Å². The van der Waals surface area contributed by atoms with Gasteiger partial charge in [-0.3, -0.25) is 4.79 Å². The Bertz CT molecular complexity index is 545. The second kappa shape index (κ2) is 6.43. The average Bonchev–Trinajstić information content (AvgIpc) is 2.83. The highest BCUT2D eigenvalue weighted by Crippen LogP contribution is 2.59. The molecule has 2 fully saturated rings. The Balaban J connectivity index is 0.000000485. The van der Waals surface area contributed by atoms with Crippen LogP contribution < -0.4 is 0 Å². The van der Waals surface area contributed by atoms with Crippen molar-refractivity contribution in [3.8, 4) is 0 Å². The molecule has 0 saturated heterocycles. The van der Waals surface area contributed by atoms with Crippen LogP contribution in [0.2, 0.25) is 0 Å². The van der Waals surface area contributed by atoms with Crippen LogP contribution in [0.25, 0.3) is 0 Å². The number of methoxy groups -OCH3 is 1. The summed E-state index contributed by atoms with van der Waals surface area (Å²) in [6, 6.07) is 0. The predicted molar refractivity (Wildman–Crippen MR) is 91.2 cm³/mol. The Kier molecular flexibility index (Phi) is 4.68. The lowest BCUT2D eigenvalue weighted by molar-refractivity contribution is -0.129. The Hall–Kier alpha value is -1.09. The molecule has 0 heterocycles. The van der Waals surface area contributed by atoms with Crippen LogP contribution in [0.5, 0.6) is 0 Å². The van der Waals surface area contributed by atoms with Crippen molar-refractivity contribution in [2.75, 3.05) is 14.2 Å². The van der Waals surface area contributed by atoms with E-state index >= 15 is 0 Å². The van der Waals surface area contributed by atoms with E-state index in [1.807, 2.05) is 6.08 Å². The number of aliphatic hydroxyl groups is 1. The van der Waals surface area contributed by atoms with Gasteiger partial charge in [-0.2, -0.15) is 0 Å². The summed E-state index contributed by atoms with van der Waals surface area (Å²) in [6.45, 7) is 2.24. The van der Waals surface area contributed by atoms with Crippen LogP contribution in [0.3, 0.4) is 0 Å². The van der Waals surface area contributed by atoms with Gasteiger partial charge in [-0.05, 0) is 62.4 Å². The number of allylic oxidation sites excluding steroid dienone is 3. The molecular formula is C20H30O3. The molecule has 0 bridgehead atoms. The van der Waals surface area contributed by atoms with Crippen molar-refractivity contribution in [2.45, 2.75) is 58.3 Å². The molecule has 0 amide bonds. The monoisotopic (exact) mass is 318 g/mol. The van der Waals surface area contributed by atoms with Gasteiger partial charge in [0.2, 0.25) is 0 Å². The molecule has 2 saturated carbocycles. The van der Waals surface area contributed by atoms with E-state index in [9.17, 15) is 9.90 Å². The lowest BCUT2D eigenvalue weighted by atomic mass is 9.55. The van der Waals surface area contributed by atoms with Gasteiger partial charge in [-0.25, -0.2) is 0 Å². The van der Waals surface area contributed by atoms with E-state index < -0.39 is 0 Å². The highest BCUT2D eigenvalue weighted by molar-refractivity contribution is 5.87. The second-order valence-corrected chi connectivity index (χ2v) is 7.95. The maximum Gasteiger partial charge on any atom is 0.139 e. The average molecular weight is 318 g/mol. The number of fused-ring (bicyclic) bond motifs is 4. The topological polar surface area (TPSA) is 46.5 Å². The van der Waals surface area contributed by atoms with E-state index in [4.69, 9.17) is 0 Å². The molecule has 0 radical (unpaired) electrons.